The van der Waals surface area contributed by atoms with Crippen molar-refractivity contribution in [3.05, 3.63) is 92.4 Å². The molecule has 3 aromatic carbocycles. The summed E-state index contributed by atoms with van der Waals surface area (Å²) >= 11 is 18.4. The van der Waals surface area contributed by atoms with Crippen LogP contribution in [0.2, 0.25) is 15.1 Å². The molecule has 0 spiro atoms. The lowest BCUT2D eigenvalue weighted by Crippen LogP contribution is -1.97. The van der Waals surface area contributed by atoms with Gasteiger partial charge in [0.25, 0.3) is 0 Å². The Balaban J connectivity index is 1.66. The molecule has 0 saturated heterocycles. The highest BCUT2D eigenvalue weighted by Crippen LogP contribution is 2.28. The van der Waals surface area contributed by atoms with Crippen LogP contribution in [0.3, 0.4) is 0 Å². The van der Waals surface area contributed by atoms with Crippen molar-refractivity contribution in [3.63, 3.8) is 0 Å². The molecule has 2 nitrogen and oxygen atoms in total. The highest BCUT2D eigenvalue weighted by molar-refractivity contribution is 6.35. The molecule has 3 aromatic rings. The van der Waals surface area contributed by atoms with Crippen LogP contribution >= 0.6 is 34.8 Å². The lowest BCUT2D eigenvalue weighted by atomic mass is 10.1. The predicted molar refractivity (Wildman–Crippen MR) is 115 cm³/mol. The summed E-state index contributed by atoms with van der Waals surface area (Å²) in [5, 5.41) is 1.68. The molecule has 0 aromatic heterocycles. The minimum absolute atomic E-state index is 0.312. The lowest BCUT2D eigenvalue weighted by Gasteiger charge is -2.10. The Kier molecular flexibility index (Phi) is 6.78. The van der Waals surface area contributed by atoms with Gasteiger partial charge in [-0.25, -0.2) is 0 Å². The van der Waals surface area contributed by atoms with Crippen LogP contribution in [0.25, 0.3) is 0 Å². The van der Waals surface area contributed by atoms with Crippen molar-refractivity contribution in [3.8, 4) is 5.75 Å². The molecule has 0 aliphatic heterocycles. The van der Waals surface area contributed by atoms with Gasteiger partial charge in [-0.1, -0.05) is 59.9 Å². The van der Waals surface area contributed by atoms with Crippen molar-refractivity contribution in [2.45, 2.75) is 20.0 Å². The number of nitrogens with zero attached hydrogens (tertiary/aromatic N) is 1. The number of benzene rings is 3. The Morgan fingerprint density at radius 1 is 0.889 bits per heavy atom. The van der Waals surface area contributed by atoms with E-state index < -0.39 is 0 Å². The summed E-state index contributed by atoms with van der Waals surface area (Å²) in [4.78, 5) is 4.48. The number of rotatable bonds is 6. The van der Waals surface area contributed by atoms with Crippen LogP contribution < -0.4 is 4.74 Å². The molecule has 0 unspecified atom stereocenters. The fourth-order valence-corrected chi connectivity index (χ4v) is 3.18. The SMILES string of the molecule is CCc1ccc(N=Cc2ccc(OCc3ccc(Cl)cc3Cl)c(Cl)c2)cc1. The molecule has 0 N–H and O–H groups in total. The smallest absolute Gasteiger partial charge is 0.138 e. The molecule has 5 heteroatoms. The number of aryl methyl sites for hydroxylation is 1. The standard InChI is InChI=1S/C22H18Cl3NO/c1-2-15-3-8-19(9-4-15)26-13-16-5-10-22(21(25)11-16)27-14-17-6-7-18(23)12-20(17)24/h3-13H,2,14H2,1H3. The van der Waals surface area contributed by atoms with Crippen LogP contribution in [-0.2, 0) is 13.0 Å². The molecular weight excluding hydrogens is 401 g/mol. The molecule has 0 aliphatic rings. The van der Waals surface area contributed by atoms with Gasteiger partial charge in [0.15, 0.2) is 0 Å². The van der Waals surface area contributed by atoms with Gasteiger partial charge in [0.1, 0.15) is 12.4 Å². The number of ether oxygens (including phenoxy) is 1. The van der Waals surface area contributed by atoms with Crippen molar-refractivity contribution in [1.29, 1.82) is 0 Å². The monoisotopic (exact) mass is 417 g/mol. The zero-order chi connectivity index (χ0) is 19.2. The van der Waals surface area contributed by atoms with Crippen molar-refractivity contribution < 1.29 is 4.74 Å². The third-order valence-corrected chi connectivity index (χ3v) is 4.94. The van der Waals surface area contributed by atoms with Gasteiger partial charge in [-0.2, -0.15) is 0 Å². The van der Waals surface area contributed by atoms with E-state index in [0.717, 1.165) is 23.2 Å². The van der Waals surface area contributed by atoms with E-state index in [1.54, 1.807) is 18.3 Å². The first-order chi connectivity index (χ1) is 13.0. The summed E-state index contributed by atoms with van der Waals surface area (Å²) in [6, 6.07) is 19.0. The summed E-state index contributed by atoms with van der Waals surface area (Å²) in [6.07, 6.45) is 2.80. The van der Waals surface area contributed by atoms with Crippen molar-refractivity contribution in [2.24, 2.45) is 4.99 Å². The van der Waals surface area contributed by atoms with Crippen LogP contribution in [0, 0.1) is 0 Å². The van der Waals surface area contributed by atoms with E-state index in [-0.39, 0.29) is 0 Å². The Morgan fingerprint density at radius 2 is 1.67 bits per heavy atom. The van der Waals surface area contributed by atoms with Crippen LogP contribution in [0.1, 0.15) is 23.6 Å². The third-order valence-electron chi connectivity index (χ3n) is 4.06. The molecule has 0 fully saturated rings. The minimum atomic E-state index is 0.312. The van der Waals surface area contributed by atoms with E-state index in [1.165, 1.54) is 5.56 Å². The lowest BCUT2D eigenvalue weighted by molar-refractivity contribution is 0.306. The van der Waals surface area contributed by atoms with E-state index in [1.807, 2.05) is 36.4 Å². The van der Waals surface area contributed by atoms with E-state index >= 15 is 0 Å². The molecule has 3 rings (SSSR count). The second kappa shape index (κ2) is 9.27. The first-order valence-electron chi connectivity index (χ1n) is 8.54. The second-order valence-corrected chi connectivity index (χ2v) is 7.24. The normalized spacial score (nSPS) is 11.1. The van der Waals surface area contributed by atoms with Crippen LogP contribution in [-0.4, -0.2) is 6.21 Å². The van der Waals surface area contributed by atoms with Gasteiger partial charge in [0.2, 0.25) is 0 Å². The fraction of sp³-hybridized carbons (Fsp3) is 0.136. The quantitative estimate of drug-likeness (QED) is 0.379. The summed E-state index contributed by atoms with van der Waals surface area (Å²) in [5.74, 6) is 0.590. The zero-order valence-corrected chi connectivity index (χ0v) is 17.0. The maximum atomic E-state index is 6.34. The summed E-state index contributed by atoms with van der Waals surface area (Å²) < 4.78 is 5.78. The van der Waals surface area contributed by atoms with Gasteiger partial charge in [0, 0.05) is 21.8 Å². The van der Waals surface area contributed by atoms with E-state index in [4.69, 9.17) is 39.5 Å². The number of hydrogen-bond acceptors (Lipinski definition) is 2. The molecule has 0 radical (unpaired) electrons. The van der Waals surface area contributed by atoms with E-state index in [2.05, 4.69) is 24.0 Å². The van der Waals surface area contributed by atoms with Gasteiger partial charge >= 0.3 is 0 Å². The number of hydrogen-bond donors (Lipinski definition) is 0. The molecule has 27 heavy (non-hydrogen) atoms. The largest absolute Gasteiger partial charge is 0.487 e. The summed E-state index contributed by atoms with van der Waals surface area (Å²) in [6.45, 7) is 2.44. The number of halogens is 3. The van der Waals surface area contributed by atoms with E-state index in [9.17, 15) is 0 Å². The molecule has 0 amide bonds. The van der Waals surface area contributed by atoms with Crippen molar-refractivity contribution in [2.75, 3.05) is 0 Å². The highest BCUT2D eigenvalue weighted by Gasteiger charge is 2.06. The van der Waals surface area contributed by atoms with Crippen molar-refractivity contribution in [1.82, 2.24) is 0 Å². The van der Waals surface area contributed by atoms with Gasteiger partial charge < -0.3 is 4.74 Å². The summed E-state index contributed by atoms with van der Waals surface area (Å²) in [5.41, 5.74) is 3.94. The topological polar surface area (TPSA) is 21.6 Å². The van der Waals surface area contributed by atoms with Crippen LogP contribution in [0.15, 0.2) is 65.7 Å². The van der Waals surface area contributed by atoms with Gasteiger partial charge in [-0.15, -0.1) is 0 Å². The van der Waals surface area contributed by atoms with Gasteiger partial charge in [-0.3, -0.25) is 4.99 Å². The third kappa shape index (κ3) is 5.49. The second-order valence-electron chi connectivity index (χ2n) is 5.99. The molecule has 0 saturated carbocycles. The summed E-state index contributed by atoms with van der Waals surface area (Å²) in [7, 11) is 0. The zero-order valence-electron chi connectivity index (χ0n) is 14.8. The fourth-order valence-electron chi connectivity index (χ4n) is 2.48. The molecule has 0 heterocycles. The Morgan fingerprint density at radius 3 is 2.33 bits per heavy atom. The molecule has 0 bridgehead atoms. The minimum Gasteiger partial charge on any atom is -0.487 e. The average Bonchev–Trinajstić information content (AvgIpc) is 2.67. The molecule has 138 valence electrons. The Bertz CT molecular complexity index is 952. The molecular formula is C22H18Cl3NO. The Hall–Kier alpha value is -2.00. The molecule has 0 aliphatic carbocycles. The predicted octanol–water partition coefficient (Wildman–Crippen LogP) is 7.54. The highest BCUT2D eigenvalue weighted by atomic mass is 35.5. The molecule has 0 atom stereocenters. The Labute approximate surface area is 174 Å². The van der Waals surface area contributed by atoms with Crippen LogP contribution in [0.5, 0.6) is 5.75 Å². The maximum absolute atomic E-state index is 6.34. The first kappa shape index (κ1) is 19.8. The van der Waals surface area contributed by atoms with Gasteiger partial charge in [0.05, 0.1) is 10.7 Å². The first-order valence-corrected chi connectivity index (χ1v) is 9.68. The van der Waals surface area contributed by atoms with E-state index in [0.29, 0.717) is 27.4 Å². The van der Waals surface area contributed by atoms with Crippen LogP contribution in [0.4, 0.5) is 5.69 Å². The average molecular weight is 419 g/mol. The van der Waals surface area contributed by atoms with Crippen molar-refractivity contribution >= 4 is 46.7 Å². The van der Waals surface area contributed by atoms with Gasteiger partial charge in [-0.05, 0) is 60.0 Å². The maximum Gasteiger partial charge on any atom is 0.138 e. The number of aliphatic imine (C=N–C) groups is 1.